The van der Waals surface area contributed by atoms with Crippen LogP contribution in [0.1, 0.15) is 33.1 Å². The molecule has 118 valence electrons. The summed E-state index contributed by atoms with van der Waals surface area (Å²) < 4.78 is 0. The fraction of sp³-hybridized carbons (Fsp3) is 0.867. The molecule has 1 saturated heterocycles. The van der Waals surface area contributed by atoms with Crippen molar-refractivity contribution in [2.45, 2.75) is 49.7 Å². The van der Waals surface area contributed by atoms with E-state index in [4.69, 9.17) is 0 Å². The van der Waals surface area contributed by atoms with Crippen LogP contribution >= 0.6 is 11.8 Å². The predicted molar refractivity (Wildman–Crippen MR) is 82.4 cm³/mol. The van der Waals surface area contributed by atoms with Crippen LogP contribution in [0.3, 0.4) is 0 Å². The third-order valence-electron chi connectivity index (χ3n) is 5.20. The fourth-order valence-electron chi connectivity index (χ4n) is 4.43. The molecule has 6 atom stereocenters. The minimum atomic E-state index is -0.747. The molecule has 0 aromatic heterocycles. The Morgan fingerprint density at radius 2 is 1.76 bits per heavy atom. The zero-order valence-corrected chi connectivity index (χ0v) is 13.4. The van der Waals surface area contributed by atoms with Crippen molar-refractivity contribution in [1.29, 1.82) is 0 Å². The summed E-state index contributed by atoms with van der Waals surface area (Å²) in [6.07, 6.45) is 3.02. The van der Waals surface area contributed by atoms with Gasteiger partial charge in [0.15, 0.2) is 0 Å². The average molecular weight is 312 g/mol. The molecule has 5 nitrogen and oxygen atoms in total. The van der Waals surface area contributed by atoms with Crippen LogP contribution < -0.4 is 5.32 Å². The van der Waals surface area contributed by atoms with Crippen molar-refractivity contribution in [2.24, 2.45) is 17.8 Å². The van der Waals surface area contributed by atoms with Gasteiger partial charge in [-0.15, -0.1) is 0 Å². The van der Waals surface area contributed by atoms with E-state index in [1.54, 1.807) is 0 Å². The van der Waals surface area contributed by atoms with E-state index in [1.165, 1.54) is 0 Å². The molecule has 0 radical (unpaired) electrons. The summed E-state index contributed by atoms with van der Waals surface area (Å²) in [4.78, 5) is 25.9. The Kier molecular flexibility index (Phi) is 4.08. The van der Waals surface area contributed by atoms with Crippen molar-refractivity contribution in [3.05, 3.63) is 0 Å². The number of carbonyl (C=O) groups is 2. The second-order valence-corrected chi connectivity index (χ2v) is 8.72. The summed E-state index contributed by atoms with van der Waals surface area (Å²) in [5.41, 5.74) is 0. The summed E-state index contributed by atoms with van der Waals surface area (Å²) in [5, 5.41) is 13.4. The van der Waals surface area contributed by atoms with E-state index in [-0.39, 0.29) is 23.9 Å². The minimum absolute atomic E-state index is 0.0715. The summed E-state index contributed by atoms with van der Waals surface area (Å²) in [6.45, 7) is 5.77. The Morgan fingerprint density at radius 3 is 2.38 bits per heavy atom. The lowest BCUT2D eigenvalue weighted by atomic mass is 9.84. The van der Waals surface area contributed by atoms with Gasteiger partial charge in [-0.05, 0) is 31.1 Å². The number of urea groups is 1. The molecule has 3 rings (SSSR count). The highest BCUT2D eigenvalue weighted by atomic mass is 32.2. The molecular weight excluding hydrogens is 288 g/mol. The Balaban J connectivity index is 1.65. The smallest absolute Gasteiger partial charge is 0.317 e. The Hall–Kier alpha value is -0.910. The maximum absolute atomic E-state index is 12.5. The third kappa shape index (κ3) is 2.87. The molecule has 6 heteroatoms. The highest BCUT2D eigenvalue weighted by Crippen LogP contribution is 2.48. The number of aliphatic carboxylic acids is 1. The van der Waals surface area contributed by atoms with Gasteiger partial charge < -0.3 is 15.3 Å². The second kappa shape index (κ2) is 5.71. The van der Waals surface area contributed by atoms with Crippen LogP contribution in [-0.4, -0.2) is 51.6 Å². The van der Waals surface area contributed by atoms with Gasteiger partial charge >= 0.3 is 12.0 Å². The van der Waals surface area contributed by atoms with E-state index in [1.807, 2.05) is 16.7 Å². The zero-order chi connectivity index (χ0) is 15.1. The third-order valence-corrected chi connectivity index (χ3v) is 6.43. The van der Waals surface area contributed by atoms with Gasteiger partial charge in [0.25, 0.3) is 0 Å². The van der Waals surface area contributed by atoms with E-state index in [0.717, 1.165) is 32.4 Å². The predicted octanol–water partition coefficient (Wildman–Crippen LogP) is 2.02. The highest BCUT2D eigenvalue weighted by molar-refractivity contribution is 8.00. The number of hydrogen-bond acceptors (Lipinski definition) is 3. The number of nitrogens with one attached hydrogen (secondary N) is 1. The molecule has 2 N–H and O–H groups in total. The molecular formula is C15H24N2O3S. The lowest BCUT2D eigenvalue weighted by Crippen LogP contribution is -2.54. The number of fused-ring (bicyclic) bond motifs is 2. The summed E-state index contributed by atoms with van der Waals surface area (Å²) in [5.74, 6) is -0.522. The molecule has 2 saturated carbocycles. The van der Waals surface area contributed by atoms with E-state index in [9.17, 15) is 14.7 Å². The van der Waals surface area contributed by atoms with Crippen LogP contribution in [0.15, 0.2) is 0 Å². The molecule has 2 amide bonds. The fourth-order valence-corrected chi connectivity index (χ4v) is 5.76. The number of amides is 2. The standard InChI is InChI=1S/C15H24N2O3S/c1-8-6-17(7-9(2)21-8)15(20)16-13-11-4-3-10(5-11)12(13)14(18)19/h8-13H,3-7H2,1-2H3,(H,16,20)(H,18,19). The van der Waals surface area contributed by atoms with Crippen LogP contribution in [0.25, 0.3) is 0 Å². The number of nitrogens with zero attached hydrogens (tertiary/aromatic N) is 1. The van der Waals surface area contributed by atoms with Crippen LogP contribution in [0, 0.1) is 17.8 Å². The number of carbonyl (C=O) groups excluding carboxylic acids is 1. The first-order valence-electron chi connectivity index (χ1n) is 7.89. The van der Waals surface area contributed by atoms with Crippen LogP contribution in [0.4, 0.5) is 4.79 Å². The van der Waals surface area contributed by atoms with Gasteiger partial charge in [-0.1, -0.05) is 13.8 Å². The normalized spacial score (nSPS) is 42.1. The second-order valence-electron chi connectivity index (χ2n) is 6.83. The van der Waals surface area contributed by atoms with E-state index in [0.29, 0.717) is 16.4 Å². The van der Waals surface area contributed by atoms with Crippen LogP contribution in [-0.2, 0) is 4.79 Å². The monoisotopic (exact) mass is 312 g/mol. The molecule has 3 fully saturated rings. The Morgan fingerprint density at radius 1 is 1.14 bits per heavy atom. The molecule has 21 heavy (non-hydrogen) atoms. The van der Waals surface area contributed by atoms with Gasteiger partial charge in [0.05, 0.1) is 5.92 Å². The van der Waals surface area contributed by atoms with Crippen molar-refractivity contribution in [1.82, 2.24) is 10.2 Å². The van der Waals surface area contributed by atoms with Crippen molar-refractivity contribution in [3.8, 4) is 0 Å². The van der Waals surface area contributed by atoms with E-state index >= 15 is 0 Å². The number of thioether (sulfide) groups is 1. The maximum Gasteiger partial charge on any atom is 0.317 e. The molecule has 2 aliphatic carbocycles. The average Bonchev–Trinajstić information content (AvgIpc) is 2.97. The van der Waals surface area contributed by atoms with Gasteiger partial charge in [0.1, 0.15) is 0 Å². The number of carboxylic acids is 1. The van der Waals surface area contributed by atoms with Crippen molar-refractivity contribution < 1.29 is 14.7 Å². The first-order chi connectivity index (χ1) is 9.95. The minimum Gasteiger partial charge on any atom is -0.481 e. The van der Waals surface area contributed by atoms with Crippen LogP contribution in [0.5, 0.6) is 0 Å². The maximum atomic E-state index is 12.5. The van der Waals surface area contributed by atoms with Crippen molar-refractivity contribution in [3.63, 3.8) is 0 Å². The SMILES string of the molecule is CC1CN(C(=O)NC2C3CCC(C3)C2C(=O)O)CC(C)S1. The van der Waals surface area contributed by atoms with E-state index in [2.05, 4.69) is 19.2 Å². The molecule has 2 bridgehead atoms. The number of rotatable bonds is 2. The Labute approximate surface area is 129 Å². The molecule has 0 spiro atoms. The van der Waals surface area contributed by atoms with E-state index < -0.39 is 5.97 Å². The Bertz CT molecular complexity index is 435. The molecule has 1 aliphatic heterocycles. The summed E-state index contributed by atoms with van der Waals surface area (Å²) >= 11 is 1.91. The molecule has 0 aromatic rings. The first-order valence-corrected chi connectivity index (χ1v) is 8.83. The van der Waals surface area contributed by atoms with Crippen LogP contribution in [0.2, 0.25) is 0 Å². The molecule has 1 heterocycles. The topological polar surface area (TPSA) is 69.6 Å². The zero-order valence-electron chi connectivity index (χ0n) is 12.6. The summed E-state index contributed by atoms with van der Waals surface area (Å²) in [6, 6.07) is -0.244. The van der Waals surface area contributed by atoms with Gasteiger partial charge in [-0.25, -0.2) is 4.79 Å². The van der Waals surface area contributed by atoms with Gasteiger partial charge in [0, 0.05) is 29.6 Å². The first kappa shape index (κ1) is 15.0. The largest absolute Gasteiger partial charge is 0.481 e. The number of hydrogen-bond donors (Lipinski definition) is 2. The van der Waals surface area contributed by atoms with Crippen molar-refractivity contribution >= 4 is 23.8 Å². The molecule has 3 aliphatic rings. The molecule has 0 aromatic carbocycles. The van der Waals surface area contributed by atoms with Gasteiger partial charge in [-0.2, -0.15) is 11.8 Å². The lowest BCUT2D eigenvalue weighted by Gasteiger charge is -2.37. The van der Waals surface area contributed by atoms with Gasteiger partial charge in [0.2, 0.25) is 0 Å². The van der Waals surface area contributed by atoms with Crippen molar-refractivity contribution in [2.75, 3.05) is 13.1 Å². The molecule has 6 unspecified atom stereocenters. The van der Waals surface area contributed by atoms with Gasteiger partial charge in [-0.3, -0.25) is 4.79 Å². The summed E-state index contributed by atoms with van der Waals surface area (Å²) in [7, 11) is 0. The number of carboxylic acid groups (broad SMARTS) is 1. The lowest BCUT2D eigenvalue weighted by molar-refractivity contribution is -0.144. The highest BCUT2D eigenvalue weighted by Gasteiger charge is 2.51. The quantitative estimate of drug-likeness (QED) is 0.818.